The minimum Gasteiger partial charge on any atom is -0.481 e. The van der Waals surface area contributed by atoms with Gasteiger partial charge in [-0.3, -0.25) is 9.59 Å². The lowest BCUT2D eigenvalue weighted by molar-refractivity contribution is -0.142. The number of carboxylic acid groups (broad SMARTS) is 1. The van der Waals surface area contributed by atoms with Crippen LogP contribution in [0.25, 0.3) is 0 Å². The molecule has 5 heteroatoms. The molecule has 5 nitrogen and oxygen atoms in total. The molecule has 1 aliphatic rings. The monoisotopic (exact) mass is 262 g/mol. The average Bonchev–Trinajstić information content (AvgIpc) is 2.52. The molecule has 1 saturated heterocycles. The van der Waals surface area contributed by atoms with E-state index in [2.05, 4.69) is 0 Å². The molecule has 0 spiro atoms. The Kier molecular flexibility index (Phi) is 3.74. The fourth-order valence-corrected chi connectivity index (χ4v) is 2.43. The molecule has 1 aromatic rings. The second-order valence-electron chi connectivity index (χ2n) is 4.92. The number of benzene rings is 1. The van der Waals surface area contributed by atoms with E-state index in [1.54, 1.807) is 7.05 Å². The molecular formula is C14H18N2O3. The summed E-state index contributed by atoms with van der Waals surface area (Å²) in [6.45, 7) is 2.41. The molecule has 0 aromatic heterocycles. The number of carboxylic acids is 1. The summed E-state index contributed by atoms with van der Waals surface area (Å²) in [6.07, 6.45) is 0. The summed E-state index contributed by atoms with van der Waals surface area (Å²) < 4.78 is 0. The maximum absolute atomic E-state index is 12.2. The molecule has 1 fully saturated rings. The highest BCUT2D eigenvalue weighted by molar-refractivity contribution is 5.86. The van der Waals surface area contributed by atoms with Crippen LogP contribution in [0, 0.1) is 5.92 Å². The van der Waals surface area contributed by atoms with Gasteiger partial charge in [0, 0.05) is 25.8 Å². The van der Waals surface area contributed by atoms with Gasteiger partial charge in [0.1, 0.15) is 6.04 Å². The fraction of sp³-hybridized carbons (Fsp3) is 0.429. The van der Waals surface area contributed by atoms with Gasteiger partial charge in [-0.1, -0.05) is 18.2 Å². The number of rotatable bonds is 2. The molecule has 0 radical (unpaired) electrons. The number of hydrogen-bond acceptors (Lipinski definition) is 3. The van der Waals surface area contributed by atoms with E-state index in [0.717, 1.165) is 5.69 Å². The van der Waals surface area contributed by atoms with E-state index in [1.165, 1.54) is 4.90 Å². The molecule has 2 unspecified atom stereocenters. The van der Waals surface area contributed by atoms with Crippen LogP contribution in [0.2, 0.25) is 0 Å². The Labute approximate surface area is 112 Å². The first kappa shape index (κ1) is 13.4. The molecule has 1 heterocycles. The van der Waals surface area contributed by atoms with E-state index in [4.69, 9.17) is 0 Å². The van der Waals surface area contributed by atoms with Gasteiger partial charge in [0.25, 0.3) is 0 Å². The standard InChI is InChI=1S/C14H18N2O3/c1-10-13(17)15(2)8-11(14(18)19)9-16(10)12-6-4-3-5-7-12/h3-7,10-11H,8-9H2,1-2H3,(H,18,19). The Balaban J connectivity index is 2.34. The van der Waals surface area contributed by atoms with Crippen LogP contribution in [0.15, 0.2) is 30.3 Å². The number of likely N-dealkylation sites (N-methyl/N-ethyl adjacent to an activating group) is 1. The van der Waals surface area contributed by atoms with Gasteiger partial charge in [0.15, 0.2) is 0 Å². The zero-order chi connectivity index (χ0) is 14.0. The summed E-state index contributed by atoms with van der Waals surface area (Å²) in [7, 11) is 1.66. The van der Waals surface area contributed by atoms with Gasteiger partial charge in [-0.25, -0.2) is 0 Å². The molecule has 1 amide bonds. The van der Waals surface area contributed by atoms with Crippen molar-refractivity contribution in [2.75, 3.05) is 25.0 Å². The first-order valence-electron chi connectivity index (χ1n) is 6.30. The minimum absolute atomic E-state index is 0.0485. The van der Waals surface area contributed by atoms with Gasteiger partial charge in [-0.15, -0.1) is 0 Å². The van der Waals surface area contributed by atoms with Crippen molar-refractivity contribution in [3.05, 3.63) is 30.3 Å². The molecule has 102 valence electrons. The predicted molar refractivity (Wildman–Crippen MR) is 72.0 cm³/mol. The lowest BCUT2D eigenvalue weighted by Gasteiger charge is -2.29. The summed E-state index contributed by atoms with van der Waals surface area (Å²) in [5.41, 5.74) is 0.880. The Morgan fingerprint density at radius 2 is 1.89 bits per heavy atom. The van der Waals surface area contributed by atoms with Crippen molar-refractivity contribution in [2.24, 2.45) is 5.92 Å². The molecule has 2 atom stereocenters. The minimum atomic E-state index is -0.866. The third-order valence-electron chi connectivity index (χ3n) is 3.55. The number of anilines is 1. The molecule has 0 saturated carbocycles. The predicted octanol–water partition coefficient (Wildman–Crippen LogP) is 1.05. The molecule has 2 rings (SSSR count). The van der Waals surface area contributed by atoms with Gasteiger partial charge in [-0.2, -0.15) is 0 Å². The zero-order valence-electron chi connectivity index (χ0n) is 11.1. The molecular weight excluding hydrogens is 244 g/mol. The Bertz CT molecular complexity index is 475. The normalized spacial score (nSPS) is 24.2. The summed E-state index contributed by atoms with van der Waals surface area (Å²) in [6, 6.07) is 9.11. The third kappa shape index (κ3) is 2.70. The molecule has 0 bridgehead atoms. The van der Waals surface area contributed by atoms with Crippen LogP contribution in [0.4, 0.5) is 5.69 Å². The van der Waals surface area contributed by atoms with Gasteiger partial charge in [0.05, 0.1) is 5.92 Å². The van der Waals surface area contributed by atoms with Crippen molar-refractivity contribution in [3.8, 4) is 0 Å². The Morgan fingerprint density at radius 3 is 2.47 bits per heavy atom. The van der Waals surface area contributed by atoms with E-state index in [-0.39, 0.29) is 18.5 Å². The molecule has 1 N–H and O–H groups in total. The topological polar surface area (TPSA) is 60.9 Å². The second kappa shape index (κ2) is 5.30. The van der Waals surface area contributed by atoms with Gasteiger partial charge in [0.2, 0.25) is 5.91 Å². The van der Waals surface area contributed by atoms with E-state index in [9.17, 15) is 14.7 Å². The maximum atomic E-state index is 12.2. The lowest BCUT2D eigenvalue weighted by atomic mass is 10.1. The summed E-state index contributed by atoms with van der Waals surface area (Å²) >= 11 is 0. The molecule has 19 heavy (non-hydrogen) atoms. The van der Waals surface area contributed by atoms with Crippen LogP contribution in [0.5, 0.6) is 0 Å². The van der Waals surface area contributed by atoms with Gasteiger partial charge < -0.3 is 14.9 Å². The van der Waals surface area contributed by atoms with Crippen molar-refractivity contribution >= 4 is 17.6 Å². The zero-order valence-corrected chi connectivity index (χ0v) is 11.1. The summed E-state index contributed by atoms with van der Waals surface area (Å²) in [5, 5.41) is 9.25. The van der Waals surface area contributed by atoms with Crippen LogP contribution < -0.4 is 4.90 Å². The maximum Gasteiger partial charge on any atom is 0.310 e. The summed E-state index contributed by atoms with van der Waals surface area (Å²) in [4.78, 5) is 26.8. The van der Waals surface area contributed by atoms with E-state index >= 15 is 0 Å². The quantitative estimate of drug-likeness (QED) is 0.865. The lowest BCUT2D eigenvalue weighted by Crippen LogP contribution is -2.43. The number of nitrogens with zero attached hydrogens (tertiary/aromatic N) is 2. The van der Waals surface area contributed by atoms with Gasteiger partial charge >= 0.3 is 5.97 Å². The Hall–Kier alpha value is -2.04. The first-order valence-corrected chi connectivity index (χ1v) is 6.30. The van der Waals surface area contributed by atoms with E-state index in [0.29, 0.717) is 6.54 Å². The largest absolute Gasteiger partial charge is 0.481 e. The number of carbonyl (C=O) groups excluding carboxylic acids is 1. The van der Waals surface area contributed by atoms with Crippen LogP contribution in [-0.2, 0) is 9.59 Å². The number of carbonyl (C=O) groups is 2. The van der Waals surface area contributed by atoms with E-state index in [1.807, 2.05) is 42.2 Å². The highest BCUT2D eigenvalue weighted by Gasteiger charge is 2.34. The molecule has 1 aliphatic heterocycles. The highest BCUT2D eigenvalue weighted by atomic mass is 16.4. The number of amides is 1. The SMILES string of the molecule is CC1C(=O)N(C)CC(C(=O)O)CN1c1ccccc1. The van der Waals surface area contributed by atoms with Crippen LogP contribution in [-0.4, -0.2) is 48.1 Å². The molecule has 0 aliphatic carbocycles. The van der Waals surface area contributed by atoms with E-state index < -0.39 is 11.9 Å². The fourth-order valence-electron chi connectivity index (χ4n) is 2.43. The van der Waals surface area contributed by atoms with Crippen LogP contribution in [0.1, 0.15) is 6.92 Å². The van der Waals surface area contributed by atoms with Crippen molar-refractivity contribution in [1.82, 2.24) is 4.90 Å². The second-order valence-corrected chi connectivity index (χ2v) is 4.92. The summed E-state index contributed by atoms with van der Waals surface area (Å²) in [5.74, 6) is -1.48. The first-order chi connectivity index (χ1) is 9.00. The highest BCUT2D eigenvalue weighted by Crippen LogP contribution is 2.22. The average molecular weight is 262 g/mol. The smallest absolute Gasteiger partial charge is 0.310 e. The third-order valence-corrected chi connectivity index (χ3v) is 3.55. The van der Waals surface area contributed by atoms with Crippen molar-refractivity contribution in [3.63, 3.8) is 0 Å². The van der Waals surface area contributed by atoms with Crippen LogP contribution >= 0.6 is 0 Å². The van der Waals surface area contributed by atoms with Crippen molar-refractivity contribution in [2.45, 2.75) is 13.0 Å². The Morgan fingerprint density at radius 1 is 1.26 bits per heavy atom. The van der Waals surface area contributed by atoms with Crippen LogP contribution in [0.3, 0.4) is 0 Å². The molecule has 1 aromatic carbocycles. The van der Waals surface area contributed by atoms with Crippen molar-refractivity contribution in [1.29, 1.82) is 0 Å². The van der Waals surface area contributed by atoms with Crippen molar-refractivity contribution < 1.29 is 14.7 Å². The number of aliphatic carboxylic acids is 1. The number of para-hydroxylation sites is 1. The number of hydrogen-bond donors (Lipinski definition) is 1. The van der Waals surface area contributed by atoms with Gasteiger partial charge in [-0.05, 0) is 19.1 Å².